The first-order valence-electron chi connectivity index (χ1n) is 7.97. The number of likely N-dealkylation sites (N-methyl/N-ethyl adjacent to an activating group) is 1. The molecule has 1 aliphatic heterocycles. The number of benzene rings is 1. The van der Waals surface area contributed by atoms with Gasteiger partial charge >= 0.3 is 0 Å². The molecule has 1 aromatic rings. The van der Waals surface area contributed by atoms with Gasteiger partial charge in [0.2, 0.25) is 0 Å². The van der Waals surface area contributed by atoms with E-state index in [0.29, 0.717) is 12.1 Å². The molecule has 1 fully saturated rings. The summed E-state index contributed by atoms with van der Waals surface area (Å²) in [5, 5.41) is 3.56. The standard InChI is InChI=1S/C18H30N2O/c1-13-11-16(20(6)17-9-10-21-14(17)2)8-7-15(13)12-19-18(3,4)5/h7-8,11,14,17,19H,9-10,12H2,1-6H3. The number of hydrogen-bond acceptors (Lipinski definition) is 3. The van der Waals surface area contributed by atoms with Gasteiger partial charge in [-0.15, -0.1) is 0 Å². The molecule has 1 aromatic carbocycles. The molecule has 0 spiro atoms. The van der Waals surface area contributed by atoms with Crippen molar-refractivity contribution < 1.29 is 4.74 Å². The second-order valence-corrected chi connectivity index (χ2v) is 7.26. The van der Waals surface area contributed by atoms with Crippen molar-refractivity contribution in [1.82, 2.24) is 5.32 Å². The van der Waals surface area contributed by atoms with Gasteiger partial charge in [0.25, 0.3) is 0 Å². The molecule has 0 bridgehead atoms. The van der Waals surface area contributed by atoms with Crippen molar-refractivity contribution in [2.75, 3.05) is 18.6 Å². The van der Waals surface area contributed by atoms with E-state index in [2.05, 4.69) is 70.1 Å². The molecule has 0 saturated carbocycles. The molecule has 0 amide bonds. The van der Waals surface area contributed by atoms with Gasteiger partial charge in [-0.3, -0.25) is 0 Å². The maximum Gasteiger partial charge on any atom is 0.0750 e. The zero-order chi connectivity index (χ0) is 15.6. The third-order valence-corrected chi connectivity index (χ3v) is 4.38. The summed E-state index contributed by atoms with van der Waals surface area (Å²) in [6, 6.07) is 7.27. The van der Waals surface area contributed by atoms with E-state index in [1.165, 1.54) is 16.8 Å². The van der Waals surface area contributed by atoms with Crippen LogP contribution in [-0.2, 0) is 11.3 Å². The Labute approximate surface area is 129 Å². The number of nitrogens with zero attached hydrogens (tertiary/aromatic N) is 1. The fraction of sp³-hybridized carbons (Fsp3) is 0.667. The van der Waals surface area contributed by atoms with Crippen LogP contribution in [0.5, 0.6) is 0 Å². The maximum absolute atomic E-state index is 5.69. The van der Waals surface area contributed by atoms with Gasteiger partial charge in [-0.25, -0.2) is 0 Å². The normalized spacial score (nSPS) is 22.6. The molecule has 1 saturated heterocycles. The number of anilines is 1. The van der Waals surface area contributed by atoms with Crippen LogP contribution in [0.2, 0.25) is 0 Å². The van der Waals surface area contributed by atoms with Gasteiger partial charge in [0.15, 0.2) is 0 Å². The zero-order valence-electron chi connectivity index (χ0n) is 14.4. The third kappa shape index (κ3) is 4.21. The van der Waals surface area contributed by atoms with Crippen molar-refractivity contribution in [3.05, 3.63) is 29.3 Å². The molecule has 2 unspecified atom stereocenters. The average molecular weight is 290 g/mol. The maximum atomic E-state index is 5.69. The quantitative estimate of drug-likeness (QED) is 0.918. The lowest BCUT2D eigenvalue weighted by Crippen LogP contribution is -2.37. The Morgan fingerprint density at radius 3 is 2.57 bits per heavy atom. The summed E-state index contributed by atoms with van der Waals surface area (Å²) >= 11 is 0. The van der Waals surface area contributed by atoms with E-state index in [4.69, 9.17) is 4.74 Å². The molecule has 1 heterocycles. The van der Waals surface area contributed by atoms with E-state index >= 15 is 0 Å². The summed E-state index contributed by atoms with van der Waals surface area (Å²) in [5.41, 5.74) is 4.16. The van der Waals surface area contributed by atoms with Crippen molar-refractivity contribution in [2.24, 2.45) is 0 Å². The molecule has 2 atom stereocenters. The minimum atomic E-state index is 0.151. The molecule has 3 nitrogen and oxygen atoms in total. The fourth-order valence-electron chi connectivity index (χ4n) is 2.88. The molecule has 2 rings (SSSR count). The topological polar surface area (TPSA) is 24.5 Å². The lowest BCUT2D eigenvalue weighted by atomic mass is 10.0. The highest BCUT2D eigenvalue weighted by Crippen LogP contribution is 2.26. The molecule has 3 heteroatoms. The minimum absolute atomic E-state index is 0.151. The highest BCUT2D eigenvalue weighted by molar-refractivity contribution is 5.51. The fourth-order valence-corrected chi connectivity index (χ4v) is 2.88. The van der Waals surface area contributed by atoms with Crippen molar-refractivity contribution in [3.63, 3.8) is 0 Å². The van der Waals surface area contributed by atoms with Crippen molar-refractivity contribution >= 4 is 5.69 Å². The lowest BCUT2D eigenvalue weighted by molar-refractivity contribution is 0.118. The van der Waals surface area contributed by atoms with Crippen LogP contribution in [0.15, 0.2) is 18.2 Å². The van der Waals surface area contributed by atoms with Crippen LogP contribution in [0.3, 0.4) is 0 Å². The van der Waals surface area contributed by atoms with Crippen LogP contribution >= 0.6 is 0 Å². The number of rotatable bonds is 4. The van der Waals surface area contributed by atoms with Crippen LogP contribution in [0, 0.1) is 6.92 Å². The summed E-state index contributed by atoms with van der Waals surface area (Å²) in [4.78, 5) is 2.37. The monoisotopic (exact) mass is 290 g/mol. The Bertz CT molecular complexity index is 479. The van der Waals surface area contributed by atoms with E-state index in [9.17, 15) is 0 Å². The summed E-state index contributed by atoms with van der Waals surface area (Å²) in [5.74, 6) is 0. The highest BCUT2D eigenvalue weighted by atomic mass is 16.5. The predicted octanol–water partition coefficient (Wildman–Crippen LogP) is 3.50. The van der Waals surface area contributed by atoms with Gasteiger partial charge in [-0.2, -0.15) is 0 Å². The minimum Gasteiger partial charge on any atom is -0.376 e. The highest BCUT2D eigenvalue weighted by Gasteiger charge is 2.28. The largest absolute Gasteiger partial charge is 0.376 e. The van der Waals surface area contributed by atoms with Crippen molar-refractivity contribution in [1.29, 1.82) is 0 Å². The van der Waals surface area contributed by atoms with Gasteiger partial charge in [-0.1, -0.05) is 6.07 Å². The average Bonchev–Trinajstić information content (AvgIpc) is 2.81. The predicted molar refractivity (Wildman–Crippen MR) is 90.0 cm³/mol. The van der Waals surface area contributed by atoms with E-state index < -0.39 is 0 Å². The van der Waals surface area contributed by atoms with Crippen LogP contribution < -0.4 is 10.2 Å². The van der Waals surface area contributed by atoms with Crippen molar-refractivity contribution in [2.45, 2.75) is 65.3 Å². The molecule has 118 valence electrons. The Hall–Kier alpha value is -1.06. The van der Waals surface area contributed by atoms with Gasteiger partial charge in [0.05, 0.1) is 12.1 Å². The van der Waals surface area contributed by atoms with Crippen LogP contribution in [0.1, 0.15) is 45.2 Å². The van der Waals surface area contributed by atoms with E-state index in [0.717, 1.165) is 19.6 Å². The van der Waals surface area contributed by atoms with E-state index in [1.807, 2.05) is 0 Å². The second kappa shape index (κ2) is 6.37. The lowest BCUT2D eigenvalue weighted by Gasteiger charge is -2.29. The molecule has 1 N–H and O–H groups in total. The van der Waals surface area contributed by atoms with Crippen LogP contribution in [-0.4, -0.2) is 31.3 Å². The molecule has 0 aliphatic carbocycles. The first-order valence-corrected chi connectivity index (χ1v) is 7.97. The number of hydrogen-bond donors (Lipinski definition) is 1. The molecule has 1 aliphatic rings. The second-order valence-electron chi connectivity index (χ2n) is 7.26. The Morgan fingerprint density at radius 2 is 2.05 bits per heavy atom. The third-order valence-electron chi connectivity index (χ3n) is 4.38. The first-order chi connectivity index (χ1) is 9.78. The Morgan fingerprint density at radius 1 is 1.33 bits per heavy atom. The molecular formula is C18H30N2O. The summed E-state index contributed by atoms with van der Waals surface area (Å²) in [6.07, 6.45) is 1.43. The van der Waals surface area contributed by atoms with Gasteiger partial charge < -0.3 is 15.0 Å². The smallest absolute Gasteiger partial charge is 0.0750 e. The Balaban J connectivity index is 2.07. The van der Waals surface area contributed by atoms with E-state index in [-0.39, 0.29) is 5.54 Å². The number of nitrogens with one attached hydrogen (secondary N) is 1. The van der Waals surface area contributed by atoms with Gasteiger partial charge in [-0.05, 0) is 64.3 Å². The van der Waals surface area contributed by atoms with Crippen LogP contribution in [0.4, 0.5) is 5.69 Å². The summed E-state index contributed by atoms with van der Waals surface area (Å²) in [6.45, 7) is 12.8. The molecule has 0 aromatic heterocycles. The van der Waals surface area contributed by atoms with Gasteiger partial charge in [0, 0.05) is 31.4 Å². The SMILES string of the molecule is Cc1cc(N(C)C2CCOC2C)ccc1CNC(C)(C)C. The van der Waals surface area contributed by atoms with Crippen molar-refractivity contribution in [3.8, 4) is 0 Å². The van der Waals surface area contributed by atoms with Crippen LogP contribution in [0.25, 0.3) is 0 Å². The summed E-state index contributed by atoms with van der Waals surface area (Å²) in [7, 11) is 2.18. The van der Waals surface area contributed by atoms with Gasteiger partial charge in [0.1, 0.15) is 0 Å². The molecule has 21 heavy (non-hydrogen) atoms. The molecule has 0 radical (unpaired) electrons. The number of ether oxygens (including phenoxy) is 1. The molecular weight excluding hydrogens is 260 g/mol. The zero-order valence-corrected chi connectivity index (χ0v) is 14.4. The van der Waals surface area contributed by atoms with E-state index in [1.54, 1.807) is 0 Å². The summed E-state index contributed by atoms with van der Waals surface area (Å²) < 4.78 is 5.69. The number of aryl methyl sites for hydroxylation is 1. The first kappa shape index (κ1) is 16.3. The Kier molecular flexibility index (Phi) is 4.95.